The van der Waals surface area contributed by atoms with E-state index >= 15 is 0 Å². The predicted octanol–water partition coefficient (Wildman–Crippen LogP) is 0.655. The van der Waals surface area contributed by atoms with Gasteiger partial charge in [-0.25, -0.2) is 0 Å². The molecule has 0 aromatic carbocycles. The summed E-state index contributed by atoms with van der Waals surface area (Å²) in [5.41, 5.74) is 4.99. The van der Waals surface area contributed by atoms with Gasteiger partial charge in [-0.15, -0.1) is 0 Å². The Balaban J connectivity index is 3.86. The molecule has 0 rings (SSSR count). The quantitative estimate of drug-likeness (QED) is 0.665. The van der Waals surface area contributed by atoms with E-state index in [0.29, 0.717) is 13.0 Å². The van der Waals surface area contributed by atoms with E-state index in [1.807, 2.05) is 20.8 Å². The Morgan fingerprint density at radius 2 is 2.14 bits per heavy atom. The van der Waals surface area contributed by atoms with Crippen LogP contribution in [0.15, 0.2) is 0 Å². The second kappa shape index (κ2) is 5.98. The fourth-order valence-corrected chi connectivity index (χ4v) is 1.11. The molecule has 0 radical (unpaired) electrons. The number of hydrogen-bond acceptors (Lipinski definition) is 3. The molecule has 0 fully saturated rings. The van der Waals surface area contributed by atoms with Gasteiger partial charge < -0.3 is 15.8 Å². The Kier molecular flexibility index (Phi) is 5.72. The lowest BCUT2D eigenvalue weighted by Gasteiger charge is -2.23. The number of ether oxygens (including phenoxy) is 1. The molecule has 0 saturated heterocycles. The number of nitrogens with one attached hydrogen (secondary N) is 1. The molecule has 1 unspecified atom stereocenters. The third-order valence-corrected chi connectivity index (χ3v) is 2.15. The van der Waals surface area contributed by atoms with Crippen molar-refractivity contribution in [3.05, 3.63) is 0 Å². The Morgan fingerprint density at radius 1 is 1.57 bits per heavy atom. The molecule has 0 aliphatic carbocycles. The lowest BCUT2D eigenvalue weighted by molar-refractivity contribution is -0.126. The Morgan fingerprint density at radius 3 is 2.57 bits per heavy atom. The maximum Gasteiger partial charge on any atom is 0.223 e. The first-order valence-corrected chi connectivity index (χ1v) is 4.96. The van der Waals surface area contributed by atoms with E-state index in [0.717, 1.165) is 6.42 Å². The maximum absolute atomic E-state index is 11.5. The van der Waals surface area contributed by atoms with E-state index in [1.54, 1.807) is 7.11 Å². The lowest BCUT2D eigenvalue weighted by atomic mass is 10.0. The van der Waals surface area contributed by atoms with Crippen molar-refractivity contribution in [3.8, 4) is 0 Å². The highest BCUT2D eigenvalue weighted by molar-refractivity contribution is 5.77. The molecule has 0 aliphatic rings. The fraction of sp³-hybridized carbons (Fsp3) is 0.900. The molecule has 0 aromatic rings. The summed E-state index contributed by atoms with van der Waals surface area (Å²) in [6, 6.07) is 0.139. The number of carbonyl (C=O) groups excluding carboxylic acids is 1. The number of nitrogens with two attached hydrogens (primary N) is 1. The van der Waals surface area contributed by atoms with E-state index in [-0.39, 0.29) is 11.9 Å². The van der Waals surface area contributed by atoms with Gasteiger partial charge in [-0.1, -0.05) is 0 Å². The molecule has 0 aliphatic heterocycles. The van der Waals surface area contributed by atoms with Gasteiger partial charge >= 0.3 is 0 Å². The van der Waals surface area contributed by atoms with Crippen LogP contribution in [-0.4, -0.2) is 31.2 Å². The van der Waals surface area contributed by atoms with Crippen LogP contribution >= 0.6 is 0 Å². The van der Waals surface area contributed by atoms with Gasteiger partial charge in [-0.3, -0.25) is 4.79 Å². The highest BCUT2D eigenvalue weighted by Gasteiger charge is 2.21. The van der Waals surface area contributed by atoms with Crippen molar-refractivity contribution in [1.29, 1.82) is 0 Å². The van der Waals surface area contributed by atoms with Crippen molar-refractivity contribution in [2.75, 3.05) is 13.7 Å². The number of hydrogen-bond donors (Lipinski definition) is 2. The molecule has 1 amide bonds. The first kappa shape index (κ1) is 13.4. The second-order valence-corrected chi connectivity index (χ2v) is 4.19. The summed E-state index contributed by atoms with van der Waals surface area (Å²) < 4.78 is 5.16. The standard InChI is InChI=1S/C10H22N2O2/c1-8(5-6-11)12-9(13)7-10(2,3)14-4/h8H,5-7,11H2,1-4H3,(H,12,13). The van der Waals surface area contributed by atoms with Crippen molar-refractivity contribution in [2.24, 2.45) is 5.73 Å². The van der Waals surface area contributed by atoms with Crippen LogP contribution in [0.25, 0.3) is 0 Å². The summed E-state index contributed by atoms with van der Waals surface area (Å²) >= 11 is 0. The molecule has 0 heterocycles. The van der Waals surface area contributed by atoms with E-state index in [9.17, 15) is 4.79 Å². The van der Waals surface area contributed by atoms with Gasteiger partial charge in [0.25, 0.3) is 0 Å². The summed E-state index contributed by atoms with van der Waals surface area (Å²) in [5.74, 6) is 0.0119. The van der Waals surface area contributed by atoms with E-state index in [1.165, 1.54) is 0 Å². The molecule has 0 spiro atoms. The van der Waals surface area contributed by atoms with Crippen molar-refractivity contribution in [3.63, 3.8) is 0 Å². The minimum atomic E-state index is -0.396. The first-order chi connectivity index (χ1) is 6.41. The highest BCUT2D eigenvalue weighted by Crippen LogP contribution is 2.12. The summed E-state index contributed by atoms with van der Waals surface area (Å²) in [4.78, 5) is 11.5. The Labute approximate surface area is 86.2 Å². The average Bonchev–Trinajstić information content (AvgIpc) is 2.03. The molecule has 4 nitrogen and oxygen atoms in total. The molecule has 4 heteroatoms. The van der Waals surface area contributed by atoms with Crippen LogP contribution in [0, 0.1) is 0 Å². The molecule has 0 aromatic heterocycles. The molecule has 84 valence electrons. The molecule has 0 saturated carbocycles. The van der Waals surface area contributed by atoms with Crippen molar-refractivity contribution >= 4 is 5.91 Å². The van der Waals surface area contributed by atoms with E-state index in [2.05, 4.69) is 5.32 Å². The number of methoxy groups -OCH3 is 1. The Bertz CT molecular complexity index is 181. The summed E-state index contributed by atoms with van der Waals surface area (Å²) in [6.45, 7) is 6.32. The first-order valence-electron chi connectivity index (χ1n) is 4.96. The molecule has 1 atom stereocenters. The van der Waals surface area contributed by atoms with Crippen LogP contribution in [0.3, 0.4) is 0 Å². The van der Waals surface area contributed by atoms with Gasteiger partial charge in [-0.2, -0.15) is 0 Å². The molecule has 14 heavy (non-hydrogen) atoms. The van der Waals surface area contributed by atoms with E-state index < -0.39 is 5.60 Å². The Hall–Kier alpha value is -0.610. The summed E-state index contributed by atoms with van der Waals surface area (Å²) in [6.07, 6.45) is 1.18. The minimum Gasteiger partial charge on any atom is -0.378 e. The zero-order valence-electron chi connectivity index (χ0n) is 9.59. The number of amides is 1. The molecule has 3 N–H and O–H groups in total. The summed E-state index contributed by atoms with van der Waals surface area (Å²) in [7, 11) is 1.61. The number of carbonyl (C=O) groups is 1. The van der Waals surface area contributed by atoms with Gasteiger partial charge in [0.05, 0.1) is 12.0 Å². The van der Waals surface area contributed by atoms with E-state index in [4.69, 9.17) is 10.5 Å². The van der Waals surface area contributed by atoms with Gasteiger partial charge in [0.15, 0.2) is 0 Å². The normalized spacial score (nSPS) is 13.8. The average molecular weight is 202 g/mol. The van der Waals surface area contributed by atoms with Crippen LogP contribution in [0.4, 0.5) is 0 Å². The molecular weight excluding hydrogens is 180 g/mol. The maximum atomic E-state index is 11.5. The monoisotopic (exact) mass is 202 g/mol. The zero-order valence-corrected chi connectivity index (χ0v) is 9.59. The molecule has 0 bridgehead atoms. The minimum absolute atomic E-state index is 0.0119. The highest BCUT2D eigenvalue weighted by atomic mass is 16.5. The molecular formula is C10H22N2O2. The lowest BCUT2D eigenvalue weighted by Crippen LogP contribution is -2.38. The third kappa shape index (κ3) is 5.94. The smallest absolute Gasteiger partial charge is 0.223 e. The number of rotatable bonds is 6. The SMILES string of the molecule is COC(C)(C)CC(=O)NC(C)CCN. The van der Waals surface area contributed by atoms with Crippen molar-refractivity contribution < 1.29 is 9.53 Å². The van der Waals surface area contributed by atoms with Crippen LogP contribution < -0.4 is 11.1 Å². The van der Waals surface area contributed by atoms with Crippen molar-refractivity contribution in [2.45, 2.75) is 45.3 Å². The van der Waals surface area contributed by atoms with Crippen molar-refractivity contribution in [1.82, 2.24) is 5.32 Å². The van der Waals surface area contributed by atoms with Crippen LogP contribution in [0.2, 0.25) is 0 Å². The summed E-state index contributed by atoms with van der Waals surface area (Å²) in [5, 5.41) is 2.87. The predicted molar refractivity (Wildman–Crippen MR) is 57.0 cm³/mol. The van der Waals surface area contributed by atoms with Gasteiger partial charge in [0, 0.05) is 13.2 Å². The van der Waals surface area contributed by atoms with Crippen LogP contribution in [0.5, 0.6) is 0 Å². The van der Waals surface area contributed by atoms with Gasteiger partial charge in [-0.05, 0) is 33.7 Å². The zero-order chi connectivity index (χ0) is 11.2. The third-order valence-electron chi connectivity index (χ3n) is 2.15. The van der Waals surface area contributed by atoms with Gasteiger partial charge in [0.1, 0.15) is 0 Å². The van der Waals surface area contributed by atoms with Crippen LogP contribution in [-0.2, 0) is 9.53 Å². The second-order valence-electron chi connectivity index (χ2n) is 4.19. The topological polar surface area (TPSA) is 64.3 Å². The largest absolute Gasteiger partial charge is 0.378 e. The fourth-order valence-electron chi connectivity index (χ4n) is 1.11. The van der Waals surface area contributed by atoms with Crippen LogP contribution in [0.1, 0.15) is 33.6 Å². The van der Waals surface area contributed by atoms with Gasteiger partial charge in [0.2, 0.25) is 5.91 Å².